The molecule has 0 aromatic heterocycles. The van der Waals surface area contributed by atoms with Crippen molar-refractivity contribution in [2.75, 3.05) is 25.4 Å². The quantitative estimate of drug-likeness (QED) is 0.0268. The van der Waals surface area contributed by atoms with Crippen molar-refractivity contribution in [3.63, 3.8) is 0 Å². The molecule has 0 saturated carbocycles. The maximum Gasteiger partial charge on any atom is 0.329 e. The van der Waals surface area contributed by atoms with E-state index in [0.717, 1.165) is 26.3 Å². The number of carbonyl (C=O) groups is 8. The minimum absolute atomic E-state index is 0.0511. The lowest BCUT2D eigenvalue weighted by molar-refractivity contribution is -0.158. The smallest absolute Gasteiger partial charge is 0.329 e. The molecule has 0 spiro atoms. The van der Waals surface area contributed by atoms with Crippen LogP contribution >= 0.6 is 21.6 Å². The molecule has 1 aliphatic heterocycles. The maximum absolute atomic E-state index is 14.1. The number of hydrogen-bond donors (Lipinski definition) is 11. The van der Waals surface area contributed by atoms with Crippen LogP contribution in [0.15, 0.2) is 40.3 Å². The number of likely N-dealkylation sites (tertiary alicyclic amines) is 1. The number of rotatable bonds is 21. The molecule has 0 unspecified atom stereocenters. The third-order valence-corrected chi connectivity index (χ3v) is 11.5. The van der Waals surface area contributed by atoms with Crippen molar-refractivity contribution >= 4 is 81.0 Å². The number of aliphatic imine (C=N–C) groups is 2. The number of nitrogens with one attached hydrogen (secondary N) is 3. The number of benzene rings is 1. The number of guanidine groups is 2. The number of carboxylic acid groups (broad SMARTS) is 3. The number of nitrogens with zero attached hydrogens (tertiary/aromatic N) is 3. The van der Waals surface area contributed by atoms with E-state index in [4.69, 9.17) is 63.1 Å². The van der Waals surface area contributed by atoms with Crippen molar-refractivity contribution in [2.24, 2.45) is 38.7 Å². The molecule has 4 amide bonds. The van der Waals surface area contributed by atoms with Gasteiger partial charge in [0.25, 0.3) is 17.9 Å². The van der Waals surface area contributed by atoms with Crippen molar-refractivity contribution in [1.29, 1.82) is 0 Å². The van der Waals surface area contributed by atoms with Crippen molar-refractivity contribution in [2.45, 2.75) is 148 Å². The fourth-order valence-electron chi connectivity index (χ4n) is 5.62. The Kier molecular flexibility index (Phi) is 31.8. The van der Waals surface area contributed by atoms with Gasteiger partial charge in [-0.15, -0.1) is 0 Å². The number of aliphatic carboxylic acids is 3. The van der Waals surface area contributed by atoms with Gasteiger partial charge in [0.05, 0.1) is 6.04 Å². The SMILES string of the molecule is CC(=O)O.CC(=O)O.CC(=O)O.CC(C)(C)OC(=O)[C@H](Cc1ccccc1)NC(=O)[C@H](CCCN=C(N)N)NC(=O)[C@H](CSSC(C)(C)C)NC(=O)[C@@H]1CCCN1C(=O)[C@@H](N)CCCN=C(N)N. The van der Waals surface area contributed by atoms with Gasteiger partial charge >= 0.3 is 5.97 Å². The molecule has 25 heteroatoms. The topological polar surface area (TPSA) is 401 Å². The first kappa shape index (κ1) is 64.3. The zero-order valence-corrected chi connectivity index (χ0v) is 42.2. The molecule has 5 atom stereocenters. The van der Waals surface area contributed by atoms with Gasteiger partial charge in [-0.2, -0.15) is 0 Å². The summed E-state index contributed by atoms with van der Waals surface area (Å²) in [6.07, 6.45) is 2.33. The predicted molar refractivity (Wildman–Crippen MR) is 264 cm³/mol. The largest absolute Gasteiger partial charge is 0.481 e. The van der Waals surface area contributed by atoms with Gasteiger partial charge in [0.1, 0.15) is 29.8 Å². The second-order valence-corrected chi connectivity index (χ2v) is 20.3. The molecule has 1 aromatic carbocycles. The average molecular weight is 1000 g/mol. The minimum Gasteiger partial charge on any atom is -0.481 e. The van der Waals surface area contributed by atoms with Crippen LogP contribution < -0.4 is 44.6 Å². The van der Waals surface area contributed by atoms with E-state index in [1.165, 1.54) is 26.5 Å². The molecule has 1 heterocycles. The van der Waals surface area contributed by atoms with Crippen LogP contribution in [0.1, 0.15) is 106 Å². The highest BCUT2D eigenvalue weighted by atomic mass is 33.1. The summed E-state index contributed by atoms with van der Waals surface area (Å²) in [5.41, 5.74) is 28.0. The van der Waals surface area contributed by atoms with Crippen molar-refractivity contribution in [1.82, 2.24) is 20.9 Å². The molecule has 0 aliphatic carbocycles. The monoisotopic (exact) mass is 1000 g/mol. The van der Waals surface area contributed by atoms with Crippen LogP contribution in [0.3, 0.4) is 0 Å². The predicted octanol–water partition coefficient (Wildman–Crippen LogP) is 0.903. The Bertz CT molecular complexity index is 1780. The summed E-state index contributed by atoms with van der Waals surface area (Å²) in [6.45, 7) is 15.3. The van der Waals surface area contributed by atoms with E-state index >= 15 is 0 Å². The van der Waals surface area contributed by atoms with Crippen LogP contribution in [0.5, 0.6) is 0 Å². The van der Waals surface area contributed by atoms with Crippen LogP contribution in [0, 0.1) is 0 Å². The Morgan fingerprint density at radius 2 is 1.22 bits per heavy atom. The van der Waals surface area contributed by atoms with E-state index in [2.05, 4.69) is 25.9 Å². The van der Waals surface area contributed by atoms with Crippen LogP contribution in [0.4, 0.5) is 0 Å². The summed E-state index contributed by atoms with van der Waals surface area (Å²) in [6, 6.07) is 4.16. The highest BCUT2D eigenvalue weighted by molar-refractivity contribution is 8.77. The van der Waals surface area contributed by atoms with E-state index in [9.17, 15) is 24.0 Å². The van der Waals surface area contributed by atoms with Gasteiger partial charge in [0.15, 0.2) is 11.9 Å². The summed E-state index contributed by atoms with van der Waals surface area (Å²) >= 11 is 0. The number of carboxylic acids is 3. The van der Waals surface area contributed by atoms with E-state index in [-0.39, 0.29) is 47.7 Å². The highest BCUT2D eigenvalue weighted by Gasteiger charge is 2.38. The van der Waals surface area contributed by atoms with Crippen molar-refractivity contribution in [3.05, 3.63) is 35.9 Å². The van der Waals surface area contributed by atoms with E-state index in [1.54, 1.807) is 20.8 Å². The molecule has 0 radical (unpaired) electrons. The molecule has 68 heavy (non-hydrogen) atoms. The summed E-state index contributed by atoms with van der Waals surface area (Å²) in [5, 5.41) is 30.7. The lowest BCUT2D eigenvalue weighted by Gasteiger charge is -2.29. The average Bonchev–Trinajstić information content (AvgIpc) is 3.68. The Balaban J connectivity index is 0. The first-order valence-electron chi connectivity index (χ1n) is 21.6. The molecule has 0 bridgehead atoms. The Morgan fingerprint density at radius 1 is 0.750 bits per heavy atom. The first-order chi connectivity index (χ1) is 31.4. The molecule has 1 fully saturated rings. The number of amides is 4. The Morgan fingerprint density at radius 3 is 1.69 bits per heavy atom. The van der Waals surface area contributed by atoms with E-state index in [1.807, 2.05) is 51.1 Å². The van der Waals surface area contributed by atoms with E-state index in [0.29, 0.717) is 45.2 Å². The van der Waals surface area contributed by atoms with Gasteiger partial charge in [-0.25, -0.2) is 4.79 Å². The standard InChI is InChI=1S/C37H63N11O6S2.3C2H4O2/c1-36(2,3)54-33(53)26(21-23-13-8-7-9-14-23)46-29(49)25(16-11-19-44-35(41)42)45-30(50)27(22-55-56-37(4,5)6)47-31(51)28-17-12-20-48(28)32(52)24(38)15-10-18-43-34(39)40;3*1-2(3)4/h7-9,13-14,24-28H,10-12,15-22,38H2,1-6H3,(H,45,50)(H,46,49)(H,47,51)(H4,39,40,43)(H4,41,42,44);3*1H3,(H,3,4)/t24-,25-,26-,27-,28-;;;/m0.../s1. The summed E-state index contributed by atoms with van der Waals surface area (Å²) in [7, 11) is 2.92. The van der Waals surface area contributed by atoms with Gasteiger partial charge < -0.3 is 69.6 Å². The number of nitrogens with two attached hydrogens (primary N) is 5. The molecule has 23 nitrogen and oxygen atoms in total. The van der Waals surface area contributed by atoms with Gasteiger partial charge in [0, 0.05) is 57.3 Å². The second-order valence-electron chi connectivity index (χ2n) is 17.1. The van der Waals surface area contributed by atoms with Crippen LogP contribution in [0.2, 0.25) is 0 Å². The molecule has 2 rings (SSSR count). The molecule has 16 N–H and O–H groups in total. The number of hydrogen-bond acceptors (Lipinski definition) is 14. The highest BCUT2D eigenvalue weighted by Crippen LogP contribution is 2.35. The second kappa shape index (κ2) is 33.6. The van der Waals surface area contributed by atoms with Gasteiger partial charge in [0.2, 0.25) is 23.6 Å². The maximum atomic E-state index is 14.1. The van der Waals surface area contributed by atoms with E-state index < -0.39 is 77.4 Å². The van der Waals surface area contributed by atoms with Gasteiger partial charge in [-0.1, -0.05) is 72.7 Å². The number of esters is 1. The molecule has 386 valence electrons. The molecule has 1 aromatic rings. The number of ether oxygens (including phenoxy) is 1. The summed E-state index contributed by atoms with van der Waals surface area (Å²) in [4.78, 5) is 105. The zero-order chi connectivity index (χ0) is 52.8. The number of carbonyl (C=O) groups excluding carboxylic acids is 5. The Hall–Kier alpha value is -5.82. The molecule has 1 saturated heterocycles. The molecular weight excluding hydrogens is 927 g/mol. The lowest BCUT2D eigenvalue weighted by atomic mass is 10.0. The van der Waals surface area contributed by atoms with Crippen molar-refractivity contribution in [3.8, 4) is 0 Å². The normalized spacial score (nSPS) is 14.6. The third kappa shape index (κ3) is 34.5. The Labute approximate surface area is 406 Å². The van der Waals surface area contributed by atoms with Crippen LogP contribution in [0.25, 0.3) is 0 Å². The lowest BCUT2D eigenvalue weighted by Crippen LogP contribution is -2.59. The minimum atomic E-state index is -1.14. The third-order valence-electron chi connectivity index (χ3n) is 8.17. The first-order valence-corrected chi connectivity index (χ1v) is 23.9. The molecule has 1 aliphatic rings. The summed E-state index contributed by atoms with van der Waals surface area (Å²) < 4.78 is 5.48. The fraction of sp³-hybridized carbons (Fsp3) is 0.628. The van der Waals surface area contributed by atoms with Gasteiger partial charge in [-0.05, 0) is 64.9 Å². The van der Waals surface area contributed by atoms with Crippen LogP contribution in [-0.4, -0.2) is 146 Å². The van der Waals surface area contributed by atoms with Crippen LogP contribution in [-0.2, 0) is 49.5 Å². The van der Waals surface area contributed by atoms with Gasteiger partial charge in [-0.3, -0.25) is 43.5 Å². The fourth-order valence-corrected chi connectivity index (χ4v) is 8.09. The molecular formula is C43H75N11O12S2. The summed E-state index contributed by atoms with van der Waals surface area (Å²) in [5.74, 6) is -5.28. The zero-order valence-electron chi connectivity index (χ0n) is 40.6. The van der Waals surface area contributed by atoms with Crippen molar-refractivity contribution < 1.29 is 58.4 Å².